The number of amides is 1. The molecule has 6 nitrogen and oxygen atoms in total. The Kier molecular flexibility index (Phi) is 4.97. The van der Waals surface area contributed by atoms with Gasteiger partial charge in [0.2, 0.25) is 0 Å². The van der Waals surface area contributed by atoms with E-state index in [0.717, 1.165) is 16.5 Å². The maximum Gasteiger partial charge on any atom is 0.408 e. The Balaban J connectivity index is 2.29. The summed E-state index contributed by atoms with van der Waals surface area (Å²) in [6.45, 7) is 5.14. The number of carbonyl (C=O) groups is 2. The fourth-order valence-electron chi connectivity index (χ4n) is 2.26. The first-order valence-corrected chi connectivity index (χ1v) is 7.49. The number of methoxy groups -OCH3 is 1. The lowest BCUT2D eigenvalue weighted by atomic mass is 10.0. The van der Waals surface area contributed by atoms with Crippen LogP contribution in [0.3, 0.4) is 0 Å². The van der Waals surface area contributed by atoms with Gasteiger partial charge in [-0.05, 0) is 55.3 Å². The van der Waals surface area contributed by atoms with E-state index in [4.69, 9.17) is 9.47 Å². The molecule has 0 heterocycles. The number of nitrogens with one attached hydrogen (secondary N) is 1. The van der Waals surface area contributed by atoms with Gasteiger partial charge in [0.15, 0.2) is 6.04 Å². The van der Waals surface area contributed by atoms with E-state index < -0.39 is 23.7 Å². The number of benzene rings is 2. The van der Waals surface area contributed by atoms with Crippen molar-refractivity contribution in [1.82, 2.24) is 5.32 Å². The van der Waals surface area contributed by atoms with Gasteiger partial charge in [0.1, 0.15) is 11.4 Å². The third-order valence-corrected chi connectivity index (χ3v) is 3.31. The van der Waals surface area contributed by atoms with Crippen LogP contribution < -0.4 is 10.1 Å². The smallest absolute Gasteiger partial charge is 0.408 e. The Morgan fingerprint density at radius 1 is 1.08 bits per heavy atom. The van der Waals surface area contributed by atoms with E-state index in [0.29, 0.717) is 5.56 Å². The molecule has 0 aromatic heterocycles. The predicted octanol–water partition coefficient (Wildman–Crippen LogP) is 3.50. The van der Waals surface area contributed by atoms with Gasteiger partial charge in [-0.2, -0.15) is 0 Å². The molecule has 2 aromatic carbocycles. The van der Waals surface area contributed by atoms with Gasteiger partial charge in [-0.1, -0.05) is 18.2 Å². The largest absolute Gasteiger partial charge is 0.497 e. The van der Waals surface area contributed by atoms with Gasteiger partial charge in [-0.25, -0.2) is 9.59 Å². The summed E-state index contributed by atoms with van der Waals surface area (Å²) in [6.07, 6.45) is -0.773. The van der Waals surface area contributed by atoms with Crippen LogP contribution in [0.1, 0.15) is 32.4 Å². The molecule has 6 heteroatoms. The number of hydrogen-bond donors (Lipinski definition) is 2. The van der Waals surface area contributed by atoms with Crippen LogP contribution >= 0.6 is 0 Å². The molecule has 24 heavy (non-hydrogen) atoms. The van der Waals surface area contributed by atoms with Gasteiger partial charge >= 0.3 is 12.1 Å². The Morgan fingerprint density at radius 2 is 1.71 bits per heavy atom. The first-order valence-electron chi connectivity index (χ1n) is 7.49. The zero-order chi connectivity index (χ0) is 17.9. The van der Waals surface area contributed by atoms with Gasteiger partial charge < -0.3 is 19.9 Å². The SMILES string of the molecule is COc1ccc2cc([C@H](NC(=O)OC(C)(C)C)C(=O)O)ccc2c1. The first-order chi connectivity index (χ1) is 11.2. The van der Waals surface area contributed by atoms with E-state index in [1.807, 2.05) is 12.1 Å². The minimum Gasteiger partial charge on any atom is -0.497 e. The molecular formula is C18H21NO5. The van der Waals surface area contributed by atoms with Crippen LogP contribution in [-0.4, -0.2) is 29.9 Å². The van der Waals surface area contributed by atoms with E-state index in [2.05, 4.69) is 5.32 Å². The summed E-state index contributed by atoms with van der Waals surface area (Å²) in [7, 11) is 1.58. The summed E-state index contributed by atoms with van der Waals surface area (Å²) >= 11 is 0. The van der Waals surface area contributed by atoms with E-state index >= 15 is 0 Å². The lowest BCUT2D eigenvalue weighted by molar-refractivity contribution is -0.139. The summed E-state index contributed by atoms with van der Waals surface area (Å²) < 4.78 is 10.3. The van der Waals surface area contributed by atoms with Crippen molar-refractivity contribution in [1.29, 1.82) is 0 Å². The molecule has 0 aliphatic rings. The number of carboxylic acids is 1. The Hall–Kier alpha value is -2.76. The molecule has 2 rings (SSSR count). The van der Waals surface area contributed by atoms with E-state index in [-0.39, 0.29) is 0 Å². The highest BCUT2D eigenvalue weighted by molar-refractivity contribution is 5.87. The van der Waals surface area contributed by atoms with Crippen molar-refractivity contribution in [2.75, 3.05) is 7.11 Å². The highest BCUT2D eigenvalue weighted by atomic mass is 16.6. The van der Waals surface area contributed by atoms with Gasteiger partial charge in [-0.15, -0.1) is 0 Å². The Bertz CT molecular complexity index is 764. The number of alkyl carbamates (subject to hydrolysis) is 1. The molecule has 128 valence electrons. The van der Waals surface area contributed by atoms with Gasteiger partial charge in [0, 0.05) is 0 Å². The van der Waals surface area contributed by atoms with Crippen molar-refractivity contribution >= 4 is 22.8 Å². The van der Waals surface area contributed by atoms with Crippen LogP contribution in [0.4, 0.5) is 4.79 Å². The number of carboxylic acid groups (broad SMARTS) is 1. The second-order valence-electron chi connectivity index (χ2n) is 6.39. The average Bonchev–Trinajstić information content (AvgIpc) is 2.49. The number of carbonyl (C=O) groups excluding carboxylic acids is 1. The molecular weight excluding hydrogens is 310 g/mol. The third kappa shape index (κ3) is 4.38. The van der Waals surface area contributed by atoms with Gasteiger partial charge in [-0.3, -0.25) is 0 Å². The molecule has 0 unspecified atom stereocenters. The lowest BCUT2D eigenvalue weighted by Crippen LogP contribution is -2.38. The molecule has 0 radical (unpaired) electrons. The number of fused-ring (bicyclic) bond motifs is 1. The van der Waals surface area contributed by atoms with Crippen LogP contribution in [-0.2, 0) is 9.53 Å². The summed E-state index contributed by atoms with van der Waals surface area (Å²) in [4.78, 5) is 23.4. The van der Waals surface area contributed by atoms with Crippen molar-refractivity contribution < 1.29 is 24.2 Å². The molecule has 0 saturated heterocycles. The number of rotatable bonds is 4. The molecule has 0 saturated carbocycles. The molecule has 2 aromatic rings. The predicted molar refractivity (Wildman–Crippen MR) is 90.2 cm³/mol. The van der Waals surface area contributed by atoms with Gasteiger partial charge in [0.25, 0.3) is 0 Å². The second kappa shape index (κ2) is 6.78. The molecule has 0 fully saturated rings. The van der Waals surface area contributed by atoms with Crippen molar-refractivity contribution in [2.24, 2.45) is 0 Å². The number of aliphatic carboxylic acids is 1. The average molecular weight is 331 g/mol. The molecule has 1 atom stereocenters. The fourth-order valence-corrected chi connectivity index (χ4v) is 2.26. The normalized spacial score (nSPS) is 12.5. The van der Waals surface area contributed by atoms with Crippen molar-refractivity contribution in [3.05, 3.63) is 42.0 Å². The number of ether oxygens (including phenoxy) is 2. The minimum atomic E-state index is -1.19. The highest BCUT2D eigenvalue weighted by Crippen LogP contribution is 2.25. The van der Waals surface area contributed by atoms with Crippen molar-refractivity contribution in [2.45, 2.75) is 32.4 Å². The molecule has 0 spiro atoms. The fraction of sp³-hybridized carbons (Fsp3) is 0.333. The van der Waals surface area contributed by atoms with Crippen LogP contribution in [0.15, 0.2) is 36.4 Å². The minimum absolute atomic E-state index is 0.464. The monoisotopic (exact) mass is 331 g/mol. The maximum absolute atomic E-state index is 11.9. The van der Waals surface area contributed by atoms with Crippen LogP contribution in [0.2, 0.25) is 0 Å². The van der Waals surface area contributed by atoms with Crippen LogP contribution in [0.25, 0.3) is 10.8 Å². The Morgan fingerprint density at radius 3 is 2.29 bits per heavy atom. The maximum atomic E-state index is 11.9. The molecule has 0 aliphatic carbocycles. The number of hydrogen-bond acceptors (Lipinski definition) is 4. The second-order valence-corrected chi connectivity index (χ2v) is 6.39. The van der Waals surface area contributed by atoms with E-state index in [9.17, 15) is 14.7 Å². The van der Waals surface area contributed by atoms with E-state index in [1.165, 1.54) is 0 Å². The molecule has 1 amide bonds. The summed E-state index contributed by atoms with van der Waals surface area (Å²) in [5.41, 5.74) is -0.237. The first kappa shape index (κ1) is 17.6. The molecule has 2 N–H and O–H groups in total. The zero-order valence-corrected chi connectivity index (χ0v) is 14.1. The van der Waals surface area contributed by atoms with Crippen molar-refractivity contribution in [3.8, 4) is 5.75 Å². The lowest BCUT2D eigenvalue weighted by Gasteiger charge is -2.22. The van der Waals surface area contributed by atoms with Crippen molar-refractivity contribution in [3.63, 3.8) is 0 Å². The topological polar surface area (TPSA) is 84.9 Å². The summed E-state index contributed by atoms with van der Waals surface area (Å²) in [6, 6.07) is 9.48. The third-order valence-electron chi connectivity index (χ3n) is 3.31. The highest BCUT2D eigenvalue weighted by Gasteiger charge is 2.25. The quantitative estimate of drug-likeness (QED) is 0.895. The van der Waals surface area contributed by atoms with Crippen LogP contribution in [0, 0.1) is 0 Å². The summed E-state index contributed by atoms with van der Waals surface area (Å²) in [5.74, 6) is -0.439. The molecule has 0 aliphatic heterocycles. The molecule has 0 bridgehead atoms. The van der Waals surface area contributed by atoms with Crippen LogP contribution in [0.5, 0.6) is 5.75 Å². The zero-order valence-electron chi connectivity index (χ0n) is 14.1. The summed E-state index contributed by atoms with van der Waals surface area (Å²) in [5, 5.41) is 13.6. The standard InChI is InChI=1S/C18H21NO5/c1-18(2,3)24-17(22)19-15(16(20)21)13-6-5-12-10-14(23-4)8-7-11(12)9-13/h5-10,15H,1-4H3,(H,19,22)(H,20,21)/t15-/m0/s1. The van der Waals surface area contributed by atoms with Gasteiger partial charge in [0.05, 0.1) is 7.11 Å². The Labute approximate surface area is 140 Å². The van der Waals surface area contributed by atoms with E-state index in [1.54, 1.807) is 52.1 Å².